The Morgan fingerprint density at radius 2 is 1.90 bits per heavy atom. The van der Waals surface area contributed by atoms with Crippen molar-refractivity contribution in [1.29, 1.82) is 0 Å². The van der Waals surface area contributed by atoms with E-state index >= 15 is 0 Å². The Balaban J connectivity index is 2.63. The zero-order valence-electron chi connectivity index (χ0n) is 12.5. The number of carbonyl (C=O) groups excluding carboxylic acids is 1. The number of hydrogen-bond acceptors (Lipinski definition) is 3. The fourth-order valence-corrected chi connectivity index (χ4v) is 2.03. The maximum absolute atomic E-state index is 12.0. The molecule has 0 saturated carbocycles. The Hall–Kier alpha value is -1.59. The Kier molecular flexibility index (Phi) is 6.65. The SMILES string of the molecule is CCC(NC(=O)CN(C)C(C)C(=O)O)c1ccc(Cl)cc1. The standard InChI is InChI=1S/C15H21ClN2O3/c1-4-13(11-5-7-12(16)8-6-11)17-14(19)9-18(3)10(2)15(20)21/h5-8,10,13H,4,9H2,1-3H3,(H,17,19)(H,20,21). The van der Waals surface area contributed by atoms with Gasteiger partial charge in [0.25, 0.3) is 0 Å². The van der Waals surface area contributed by atoms with E-state index in [1.165, 1.54) is 4.90 Å². The summed E-state index contributed by atoms with van der Waals surface area (Å²) in [6.07, 6.45) is 0.742. The Labute approximate surface area is 129 Å². The van der Waals surface area contributed by atoms with Crippen LogP contribution in [0.25, 0.3) is 0 Å². The van der Waals surface area contributed by atoms with Crippen molar-refractivity contribution < 1.29 is 14.7 Å². The maximum Gasteiger partial charge on any atom is 0.320 e. The van der Waals surface area contributed by atoms with E-state index in [4.69, 9.17) is 16.7 Å². The molecule has 0 aliphatic carbocycles. The van der Waals surface area contributed by atoms with Gasteiger partial charge in [-0.05, 0) is 38.1 Å². The van der Waals surface area contributed by atoms with Crippen molar-refractivity contribution in [1.82, 2.24) is 10.2 Å². The van der Waals surface area contributed by atoms with Crippen LogP contribution in [0.4, 0.5) is 0 Å². The number of carboxylic acids is 1. The third-order valence-corrected chi connectivity index (χ3v) is 3.68. The van der Waals surface area contributed by atoms with Gasteiger partial charge in [-0.1, -0.05) is 30.7 Å². The lowest BCUT2D eigenvalue weighted by atomic mass is 10.0. The number of likely N-dealkylation sites (N-methyl/N-ethyl adjacent to an activating group) is 1. The van der Waals surface area contributed by atoms with E-state index in [1.807, 2.05) is 19.1 Å². The van der Waals surface area contributed by atoms with Crippen molar-refractivity contribution in [2.24, 2.45) is 0 Å². The van der Waals surface area contributed by atoms with E-state index in [1.54, 1.807) is 26.1 Å². The van der Waals surface area contributed by atoms with Crippen molar-refractivity contribution in [3.8, 4) is 0 Å². The van der Waals surface area contributed by atoms with Gasteiger partial charge in [-0.15, -0.1) is 0 Å². The van der Waals surface area contributed by atoms with Crippen LogP contribution in [0.5, 0.6) is 0 Å². The molecule has 0 aliphatic heterocycles. The van der Waals surface area contributed by atoms with Crippen LogP contribution < -0.4 is 5.32 Å². The first kappa shape index (κ1) is 17.5. The van der Waals surface area contributed by atoms with Gasteiger partial charge in [-0.3, -0.25) is 14.5 Å². The highest BCUT2D eigenvalue weighted by Crippen LogP contribution is 2.19. The van der Waals surface area contributed by atoms with Crippen LogP contribution in [-0.4, -0.2) is 41.5 Å². The van der Waals surface area contributed by atoms with Crippen LogP contribution in [0, 0.1) is 0 Å². The number of carboxylic acid groups (broad SMARTS) is 1. The van der Waals surface area contributed by atoms with Crippen molar-refractivity contribution in [3.63, 3.8) is 0 Å². The van der Waals surface area contributed by atoms with Gasteiger partial charge in [0.2, 0.25) is 5.91 Å². The molecular formula is C15H21ClN2O3. The van der Waals surface area contributed by atoms with Gasteiger partial charge in [-0.2, -0.15) is 0 Å². The molecule has 0 spiro atoms. The third-order valence-electron chi connectivity index (χ3n) is 3.43. The zero-order chi connectivity index (χ0) is 16.0. The first-order chi connectivity index (χ1) is 9.85. The summed E-state index contributed by atoms with van der Waals surface area (Å²) in [6.45, 7) is 3.56. The van der Waals surface area contributed by atoms with Crippen LogP contribution >= 0.6 is 11.6 Å². The second kappa shape index (κ2) is 8.00. The molecule has 21 heavy (non-hydrogen) atoms. The monoisotopic (exact) mass is 312 g/mol. The zero-order valence-corrected chi connectivity index (χ0v) is 13.2. The fraction of sp³-hybridized carbons (Fsp3) is 0.467. The highest BCUT2D eigenvalue weighted by molar-refractivity contribution is 6.30. The second-order valence-electron chi connectivity index (χ2n) is 5.01. The number of aliphatic carboxylic acids is 1. The Morgan fingerprint density at radius 1 is 1.33 bits per heavy atom. The van der Waals surface area contributed by atoms with Crippen molar-refractivity contribution >= 4 is 23.5 Å². The van der Waals surface area contributed by atoms with Crippen LogP contribution in [-0.2, 0) is 9.59 Å². The minimum atomic E-state index is -0.949. The summed E-state index contributed by atoms with van der Waals surface area (Å²) in [5.41, 5.74) is 0.976. The van der Waals surface area contributed by atoms with Crippen molar-refractivity contribution in [2.45, 2.75) is 32.4 Å². The van der Waals surface area contributed by atoms with Crippen LogP contribution in [0.2, 0.25) is 5.02 Å². The number of halogens is 1. The van der Waals surface area contributed by atoms with Crippen molar-refractivity contribution in [3.05, 3.63) is 34.9 Å². The molecule has 1 rings (SSSR count). The van der Waals surface area contributed by atoms with Gasteiger partial charge >= 0.3 is 5.97 Å². The number of nitrogens with one attached hydrogen (secondary N) is 1. The van der Waals surface area contributed by atoms with Crippen LogP contribution in [0.15, 0.2) is 24.3 Å². The summed E-state index contributed by atoms with van der Waals surface area (Å²) in [7, 11) is 1.61. The lowest BCUT2D eigenvalue weighted by Crippen LogP contribution is -2.43. The highest BCUT2D eigenvalue weighted by Gasteiger charge is 2.20. The molecule has 0 saturated heterocycles. The molecule has 0 aromatic heterocycles. The van der Waals surface area contributed by atoms with Gasteiger partial charge in [0.1, 0.15) is 6.04 Å². The van der Waals surface area contributed by atoms with E-state index < -0.39 is 12.0 Å². The van der Waals surface area contributed by atoms with Gasteiger partial charge in [0.15, 0.2) is 0 Å². The third kappa shape index (κ3) is 5.36. The first-order valence-corrected chi connectivity index (χ1v) is 7.20. The average Bonchev–Trinajstić information content (AvgIpc) is 2.44. The smallest absolute Gasteiger partial charge is 0.320 e. The molecular weight excluding hydrogens is 292 g/mol. The summed E-state index contributed by atoms with van der Waals surface area (Å²) in [5, 5.41) is 12.5. The molecule has 116 valence electrons. The lowest BCUT2D eigenvalue weighted by molar-refractivity contribution is -0.142. The molecule has 1 aromatic carbocycles. The molecule has 5 nitrogen and oxygen atoms in total. The number of carbonyl (C=O) groups is 2. The van der Waals surface area contributed by atoms with Gasteiger partial charge in [0.05, 0.1) is 12.6 Å². The van der Waals surface area contributed by atoms with Crippen LogP contribution in [0.1, 0.15) is 31.9 Å². The summed E-state index contributed by atoms with van der Waals surface area (Å²) in [4.78, 5) is 24.4. The molecule has 6 heteroatoms. The van der Waals surface area contributed by atoms with E-state index in [2.05, 4.69) is 5.32 Å². The summed E-state index contributed by atoms with van der Waals surface area (Å²) >= 11 is 5.85. The van der Waals surface area contributed by atoms with Crippen LogP contribution in [0.3, 0.4) is 0 Å². The lowest BCUT2D eigenvalue weighted by Gasteiger charge is -2.23. The number of amides is 1. The minimum Gasteiger partial charge on any atom is -0.480 e. The first-order valence-electron chi connectivity index (χ1n) is 6.83. The summed E-state index contributed by atoms with van der Waals surface area (Å²) < 4.78 is 0. The fourth-order valence-electron chi connectivity index (χ4n) is 1.91. The average molecular weight is 313 g/mol. The number of benzene rings is 1. The molecule has 0 bridgehead atoms. The number of hydrogen-bond donors (Lipinski definition) is 2. The largest absolute Gasteiger partial charge is 0.480 e. The minimum absolute atomic E-state index is 0.0392. The number of rotatable bonds is 7. The molecule has 1 aromatic rings. The van der Waals surface area contributed by atoms with Gasteiger partial charge in [-0.25, -0.2) is 0 Å². The molecule has 2 atom stereocenters. The molecule has 0 radical (unpaired) electrons. The molecule has 0 heterocycles. The molecule has 0 aliphatic rings. The van der Waals surface area contributed by atoms with Crippen molar-refractivity contribution in [2.75, 3.05) is 13.6 Å². The predicted molar refractivity (Wildman–Crippen MR) is 82.4 cm³/mol. The molecule has 2 unspecified atom stereocenters. The number of nitrogens with zero attached hydrogens (tertiary/aromatic N) is 1. The van der Waals surface area contributed by atoms with E-state index in [0.717, 1.165) is 12.0 Å². The second-order valence-corrected chi connectivity index (χ2v) is 5.45. The topological polar surface area (TPSA) is 69.6 Å². The van der Waals surface area contributed by atoms with E-state index in [-0.39, 0.29) is 18.5 Å². The van der Waals surface area contributed by atoms with Gasteiger partial charge < -0.3 is 10.4 Å². The molecule has 2 N–H and O–H groups in total. The predicted octanol–water partition coefficient (Wildman–Crippen LogP) is 2.31. The quantitative estimate of drug-likeness (QED) is 0.810. The normalized spacial score (nSPS) is 13.8. The van der Waals surface area contributed by atoms with E-state index in [0.29, 0.717) is 5.02 Å². The molecule has 1 amide bonds. The highest BCUT2D eigenvalue weighted by atomic mass is 35.5. The summed E-state index contributed by atoms with van der Waals surface area (Å²) in [6, 6.07) is 6.50. The Morgan fingerprint density at radius 3 is 2.38 bits per heavy atom. The molecule has 0 fully saturated rings. The van der Waals surface area contributed by atoms with Gasteiger partial charge in [0, 0.05) is 5.02 Å². The Bertz CT molecular complexity index is 490. The maximum atomic E-state index is 12.0. The summed E-state index contributed by atoms with van der Waals surface area (Å²) in [5.74, 6) is -1.15. The van der Waals surface area contributed by atoms with E-state index in [9.17, 15) is 9.59 Å².